The van der Waals surface area contributed by atoms with Crippen molar-refractivity contribution in [3.63, 3.8) is 0 Å². The third-order valence-corrected chi connectivity index (χ3v) is 6.37. The summed E-state index contributed by atoms with van der Waals surface area (Å²) < 4.78 is 1.89. The van der Waals surface area contributed by atoms with Crippen LogP contribution in [0.15, 0.2) is 91.4 Å². The minimum atomic E-state index is -0.0922. The van der Waals surface area contributed by atoms with Gasteiger partial charge in [0.05, 0.1) is 11.4 Å². The van der Waals surface area contributed by atoms with Crippen LogP contribution in [-0.4, -0.2) is 31.3 Å². The van der Waals surface area contributed by atoms with Crippen LogP contribution in [0.2, 0.25) is 0 Å². The van der Waals surface area contributed by atoms with Crippen LogP contribution in [0.25, 0.3) is 16.9 Å². The van der Waals surface area contributed by atoms with Crippen LogP contribution in [0.5, 0.6) is 0 Å². The summed E-state index contributed by atoms with van der Waals surface area (Å²) in [7, 11) is 0. The Morgan fingerprint density at radius 2 is 1.73 bits per heavy atom. The number of rotatable bonds is 5. The number of para-hydroxylation sites is 1. The van der Waals surface area contributed by atoms with Gasteiger partial charge in [0.15, 0.2) is 0 Å². The Bertz CT molecular complexity index is 1150. The number of nitrogens with zero attached hydrogens (tertiary/aromatic N) is 4. The van der Waals surface area contributed by atoms with Crippen LogP contribution in [0.1, 0.15) is 16.5 Å². The number of benzene rings is 2. The van der Waals surface area contributed by atoms with Crippen LogP contribution in [0.4, 0.5) is 0 Å². The number of aromatic nitrogens is 3. The summed E-state index contributed by atoms with van der Waals surface area (Å²) in [5.74, 6) is 0.624. The number of amides is 1. The van der Waals surface area contributed by atoms with Crippen molar-refractivity contribution < 1.29 is 4.79 Å². The molecule has 2 aromatic carbocycles. The second-order valence-electron chi connectivity index (χ2n) is 7.13. The van der Waals surface area contributed by atoms with Gasteiger partial charge >= 0.3 is 0 Å². The van der Waals surface area contributed by atoms with Gasteiger partial charge in [-0.3, -0.25) is 9.78 Å². The van der Waals surface area contributed by atoms with Crippen molar-refractivity contribution in [3.05, 3.63) is 103 Å². The lowest BCUT2D eigenvalue weighted by Crippen LogP contribution is -2.27. The van der Waals surface area contributed by atoms with Crippen molar-refractivity contribution >= 4 is 17.7 Å². The highest BCUT2D eigenvalue weighted by Gasteiger charge is 2.35. The van der Waals surface area contributed by atoms with Gasteiger partial charge in [0.2, 0.25) is 5.91 Å². The molecule has 0 radical (unpaired) electrons. The number of carbonyl (C=O) groups excluding carboxylic acids is 1. The topological polar surface area (TPSA) is 51.0 Å². The molecule has 4 aromatic rings. The lowest BCUT2D eigenvalue weighted by Gasteiger charge is -2.24. The highest BCUT2D eigenvalue weighted by molar-refractivity contribution is 8.00. The van der Waals surface area contributed by atoms with E-state index in [9.17, 15) is 4.79 Å². The first-order chi connectivity index (χ1) is 14.8. The predicted molar refractivity (Wildman–Crippen MR) is 119 cm³/mol. The van der Waals surface area contributed by atoms with E-state index in [1.54, 1.807) is 18.0 Å². The molecule has 0 spiro atoms. The van der Waals surface area contributed by atoms with Crippen molar-refractivity contribution in [1.29, 1.82) is 0 Å². The zero-order chi connectivity index (χ0) is 20.3. The number of pyridine rings is 1. The van der Waals surface area contributed by atoms with Gasteiger partial charge in [-0.1, -0.05) is 48.5 Å². The molecule has 1 aliphatic heterocycles. The first-order valence-electron chi connectivity index (χ1n) is 9.80. The van der Waals surface area contributed by atoms with E-state index in [4.69, 9.17) is 5.10 Å². The van der Waals surface area contributed by atoms with Crippen LogP contribution in [0, 0.1) is 0 Å². The molecule has 1 amide bonds. The molecule has 1 atom stereocenters. The Morgan fingerprint density at radius 3 is 2.47 bits per heavy atom. The third-order valence-electron chi connectivity index (χ3n) is 5.13. The van der Waals surface area contributed by atoms with Gasteiger partial charge in [-0.15, -0.1) is 11.8 Å². The number of carbonyl (C=O) groups is 1. The molecule has 3 heterocycles. The smallest absolute Gasteiger partial charge is 0.234 e. The van der Waals surface area contributed by atoms with E-state index in [2.05, 4.69) is 17.1 Å². The van der Waals surface area contributed by atoms with Crippen LogP contribution in [-0.2, 0) is 11.3 Å². The summed E-state index contributed by atoms with van der Waals surface area (Å²) in [6, 6.07) is 24.1. The van der Waals surface area contributed by atoms with E-state index < -0.39 is 0 Å². The van der Waals surface area contributed by atoms with Gasteiger partial charge in [-0.05, 0) is 29.8 Å². The van der Waals surface area contributed by atoms with Crippen molar-refractivity contribution in [1.82, 2.24) is 19.7 Å². The van der Waals surface area contributed by atoms with Gasteiger partial charge in [0.25, 0.3) is 0 Å². The second-order valence-corrected chi connectivity index (χ2v) is 8.19. The number of thioether (sulfide) groups is 1. The van der Waals surface area contributed by atoms with Crippen LogP contribution < -0.4 is 0 Å². The fourth-order valence-electron chi connectivity index (χ4n) is 3.67. The Morgan fingerprint density at radius 1 is 0.967 bits per heavy atom. The van der Waals surface area contributed by atoms with E-state index in [1.165, 1.54) is 0 Å². The fourth-order valence-corrected chi connectivity index (χ4v) is 4.86. The summed E-state index contributed by atoms with van der Waals surface area (Å²) in [4.78, 5) is 19.0. The van der Waals surface area contributed by atoms with E-state index in [0.717, 1.165) is 28.1 Å². The number of hydrogen-bond donors (Lipinski definition) is 0. The largest absolute Gasteiger partial charge is 0.321 e. The van der Waals surface area contributed by atoms with Crippen LogP contribution in [0.3, 0.4) is 0 Å². The highest BCUT2D eigenvalue weighted by Crippen LogP contribution is 2.43. The van der Waals surface area contributed by atoms with E-state index in [1.807, 2.05) is 82.6 Å². The zero-order valence-electron chi connectivity index (χ0n) is 16.3. The predicted octanol–water partition coefficient (Wildman–Crippen LogP) is 4.71. The van der Waals surface area contributed by atoms with Crippen molar-refractivity contribution in [3.8, 4) is 16.9 Å². The maximum Gasteiger partial charge on any atom is 0.234 e. The Balaban J connectivity index is 1.58. The molecule has 30 heavy (non-hydrogen) atoms. The molecule has 0 N–H and O–H groups in total. The average molecular weight is 413 g/mol. The number of hydrogen-bond acceptors (Lipinski definition) is 4. The van der Waals surface area contributed by atoms with Gasteiger partial charge in [0, 0.05) is 36.3 Å². The Hall–Kier alpha value is -3.38. The summed E-state index contributed by atoms with van der Waals surface area (Å²) in [6.07, 6.45) is 5.63. The quantitative estimate of drug-likeness (QED) is 0.476. The molecule has 5 rings (SSSR count). The van der Waals surface area contributed by atoms with Crippen LogP contribution >= 0.6 is 11.8 Å². The molecule has 6 heteroatoms. The molecule has 148 valence electrons. The normalized spacial score (nSPS) is 16.2. The molecule has 5 nitrogen and oxygen atoms in total. The van der Waals surface area contributed by atoms with Gasteiger partial charge in [-0.25, -0.2) is 4.68 Å². The minimum Gasteiger partial charge on any atom is -0.321 e. The van der Waals surface area contributed by atoms with Crippen molar-refractivity contribution in [2.24, 2.45) is 0 Å². The fraction of sp³-hybridized carbons (Fsp3) is 0.125. The van der Waals surface area contributed by atoms with Crippen molar-refractivity contribution in [2.75, 3.05) is 5.75 Å². The molecule has 0 saturated carbocycles. The third kappa shape index (κ3) is 3.62. The van der Waals surface area contributed by atoms with E-state index in [-0.39, 0.29) is 11.3 Å². The van der Waals surface area contributed by atoms with Crippen molar-refractivity contribution in [2.45, 2.75) is 11.9 Å². The molecular weight excluding hydrogens is 392 g/mol. The average Bonchev–Trinajstić information content (AvgIpc) is 3.40. The van der Waals surface area contributed by atoms with Gasteiger partial charge in [0.1, 0.15) is 11.1 Å². The Kier molecular flexibility index (Phi) is 5.07. The highest BCUT2D eigenvalue weighted by atomic mass is 32.2. The molecule has 2 aromatic heterocycles. The molecular formula is C24H20N4OS. The van der Waals surface area contributed by atoms with Gasteiger partial charge in [-0.2, -0.15) is 5.10 Å². The molecule has 0 bridgehead atoms. The maximum absolute atomic E-state index is 12.8. The summed E-state index contributed by atoms with van der Waals surface area (Å²) >= 11 is 1.65. The Labute approximate surface area is 179 Å². The summed E-state index contributed by atoms with van der Waals surface area (Å²) in [5, 5.41) is 4.79. The first-order valence-corrected chi connectivity index (χ1v) is 10.8. The first kappa shape index (κ1) is 18.6. The molecule has 0 aliphatic carbocycles. The zero-order valence-corrected chi connectivity index (χ0v) is 17.1. The summed E-state index contributed by atoms with van der Waals surface area (Å²) in [6.45, 7) is 0.584. The van der Waals surface area contributed by atoms with Gasteiger partial charge < -0.3 is 4.90 Å². The standard InChI is InChI=1S/C24H20N4OS/c29-22-17-30-24(27(22)15-18-8-3-1-4-9-18)21-16-28(20-11-5-2-6-12-20)26-23(21)19-10-7-13-25-14-19/h1-14,16,24H,15,17H2/t24-/m0/s1. The lowest BCUT2D eigenvalue weighted by molar-refractivity contribution is -0.128. The molecule has 0 unspecified atom stereocenters. The second kappa shape index (κ2) is 8.16. The summed E-state index contributed by atoms with van der Waals surface area (Å²) in [5.41, 5.74) is 4.94. The molecule has 1 aliphatic rings. The minimum absolute atomic E-state index is 0.0922. The van der Waals surface area contributed by atoms with E-state index >= 15 is 0 Å². The lowest BCUT2D eigenvalue weighted by atomic mass is 10.1. The molecule has 1 saturated heterocycles. The molecule has 1 fully saturated rings. The maximum atomic E-state index is 12.8. The monoisotopic (exact) mass is 412 g/mol. The SMILES string of the molecule is O=C1CS[C@@H](c2cn(-c3ccccc3)nc2-c2cccnc2)N1Cc1ccccc1. The van der Waals surface area contributed by atoms with E-state index in [0.29, 0.717) is 12.3 Å².